The van der Waals surface area contributed by atoms with Crippen LogP contribution < -0.4 is 5.32 Å². The fourth-order valence-corrected chi connectivity index (χ4v) is 6.04. The molecule has 9 heteroatoms. The third-order valence-corrected chi connectivity index (χ3v) is 7.78. The third kappa shape index (κ3) is 4.04. The van der Waals surface area contributed by atoms with E-state index in [4.69, 9.17) is 0 Å². The van der Waals surface area contributed by atoms with Crippen LogP contribution in [-0.4, -0.2) is 62.8 Å². The van der Waals surface area contributed by atoms with Crippen molar-refractivity contribution < 1.29 is 13.2 Å². The quantitative estimate of drug-likeness (QED) is 0.805. The fourth-order valence-electron chi connectivity index (χ4n) is 2.17. The summed E-state index contributed by atoms with van der Waals surface area (Å²) in [6.45, 7) is 4.77. The number of piperazine rings is 1. The molecule has 1 aliphatic heterocycles. The molecule has 1 aromatic heterocycles. The minimum Gasteiger partial charge on any atom is -0.355 e. The molecule has 1 fully saturated rings. The number of carbonyl (C=O) groups is 1. The van der Waals surface area contributed by atoms with Gasteiger partial charge in [0.05, 0.1) is 6.54 Å². The van der Waals surface area contributed by atoms with E-state index < -0.39 is 10.0 Å². The van der Waals surface area contributed by atoms with E-state index in [0.29, 0.717) is 48.0 Å². The molecule has 2 heterocycles. The maximum atomic E-state index is 12.5. The highest BCUT2D eigenvalue weighted by Gasteiger charge is 2.31. The van der Waals surface area contributed by atoms with Crippen molar-refractivity contribution in [3.8, 4) is 0 Å². The standard InChI is InChI=1S/C12H18BrN3O3S2/c1-2-14-11(17)9-15-4-6-16(7-5-15)21(18,19)12-10(13)3-8-20-12/h3,8H,2,4-7,9H2,1H3,(H,14,17). The molecule has 0 atom stereocenters. The predicted octanol–water partition coefficient (Wildman–Crippen LogP) is 0.953. The molecule has 2 rings (SSSR count). The normalized spacial score (nSPS) is 17.8. The molecule has 1 saturated heterocycles. The van der Waals surface area contributed by atoms with Crippen LogP contribution in [0.3, 0.4) is 0 Å². The smallest absolute Gasteiger partial charge is 0.253 e. The molecular formula is C12H18BrN3O3S2. The van der Waals surface area contributed by atoms with Gasteiger partial charge in [0.25, 0.3) is 10.0 Å². The van der Waals surface area contributed by atoms with Crippen molar-refractivity contribution in [3.05, 3.63) is 15.9 Å². The SMILES string of the molecule is CCNC(=O)CN1CCN(S(=O)(=O)c2sccc2Br)CC1. The summed E-state index contributed by atoms with van der Waals surface area (Å²) in [5.74, 6) is -0.0187. The second kappa shape index (κ2) is 7.19. The average Bonchev–Trinajstić information content (AvgIpc) is 2.86. The lowest BCUT2D eigenvalue weighted by Gasteiger charge is -2.33. The van der Waals surface area contributed by atoms with Crippen LogP contribution in [0.1, 0.15) is 6.92 Å². The molecule has 1 amide bonds. The second-order valence-corrected chi connectivity index (χ2v) is 8.59. The molecule has 1 aromatic rings. The summed E-state index contributed by atoms with van der Waals surface area (Å²) in [7, 11) is -3.43. The maximum absolute atomic E-state index is 12.5. The molecular weight excluding hydrogens is 378 g/mol. The van der Waals surface area contributed by atoms with Gasteiger partial charge in [-0.3, -0.25) is 9.69 Å². The molecule has 0 aliphatic carbocycles. The Morgan fingerprint density at radius 3 is 2.57 bits per heavy atom. The number of amides is 1. The first kappa shape index (κ1) is 16.9. The number of nitrogens with zero attached hydrogens (tertiary/aromatic N) is 2. The van der Waals surface area contributed by atoms with E-state index in [1.165, 1.54) is 15.6 Å². The summed E-state index contributed by atoms with van der Waals surface area (Å²) >= 11 is 4.49. The lowest BCUT2D eigenvalue weighted by molar-refractivity contribution is -0.122. The monoisotopic (exact) mass is 395 g/mol. The Hall–Kier alpha value is -0.480. The van der Waals surface area contributed by atoms with Gasteiger partial charge in [0.15, 0.2) is 0 Å². The number of sulfonamides is 1. The Balaban J connectivity index is 1.95. The van der Waals surface area contributed by atoms with Crippen molar-refractivity contribution in [1.82, 2.24) is 14.5 Å². The number of halogens is 1. The molecule has 0 radical (unpaired) electrons. The molecule has 1 aliphatic rings. The van der Waals surface area contributed by atoms with Crippen LogP contribution in [0.4, 0.5) is 0 Å². The predicted molar refractivity (Wildman–Crippen MR) is 85.9 cm³/mol. The molecule has 6 nitrogen and oxygen atoms in total. The number of likely N-dealkylation sites (N-methyl/N-ethyl adjacent to an activating group) is 1. The van der Waals surface area contributed by atoms with Crippen molar-refractivity contribution in [2.24, 2.45) is 0 Å². The Labute approximate surface area is 137 Å². The molecule has 0 bridgehead atoms. The minimum atomic E-state index is -3.43. The molecule has 0 aromatic carbocycles. The number of hydrogen-bond donors (Lipinski definition) is 1. The van der Waals surface area contributed by atoms with Crippen molar-refractivity contribution in [3.63, 3.8) is 0 Å². The molecule has 0 unspecified atom stereocenters. The van der Waals surface area contributed by atoms with Gasteiger partial charge in [-0.1, -0.05) is 0 Å². The van der Waals surface area contributed by atoms with Crippen LogP contribution >= 0.6 is 27.3 Å². The van der Waals surface area contributed by atoms with E-state index in [9.17, 15) is 13.2 Å². The molecule has 1 N–H and O–H groups in total. The van der Waals surface area contributed by atoms with Gasteiger partial charge in [-0.05, 0) is 34.3 Å². The number of carbonyl (C=O) groups excluding carboxylic acids is 1. The van der Waals surface area contributed by atoms with E-state index in [2.05, 4.69) is 21.2 Å². The van der Waals surface area contributed by atoms with Gasteiger partial charge in [-0.25, -0.2) is 8.42 Å². The van der Waals surface area contributed by atoms with Gasteiger partial charge in [0.1, 0.15) is 4.21 Å². The van der Waals surface area contributed by atoms with Crippen molar-refractivity contribution in [2.75, 3.05) is 39.3 Å². The first-order valence-corrected chi connectivity index (χ1v) is 9.78. The van der Waals surface area contributed by atoms with E-state index in [-0.39, 0.29) is 5.91 Å². The molecule has 118 valence electrons. The first-order chi connectivity index (χ1) is 9.95. The minimum absolute atomic E-state index is 0.0187. The zero-order chi connectivity index (χ0) is 15.5. The Kier molecular flexibility index (Phi) is 5.78. The van der Waals surface area contributed by atoms with E-state index >= 15 is 0 Å². The van der Waals surface area contributed by atoms with Crippen LogP contribution in [-0.2, 0) is 14.8 Å². The fraction of sp³-hybridized carbons (Fsp3) is 0.583. The van der Waals surface area contributed by atoms with Crippen molar-refractivity contribution in [2.45, 2.75) is 11.1 Å². The zero-order valence-electron chi connectivity index (χ0n) is 11.7. The summed E-state index contributed by atoms with van der Waals surface area (Å²) < 4.78 is 27.5. The second-order valence-electron chi connectivity index (χ2n) is 4.69. The average molecular weight is 396 g/mol. The Bertz CT molecular complexity index is 595. The van der Waals surface area contributed by atoms with Gasteiger partial charge in [-0.2, -0.15) is 4.31 Å². The first-order valence-electron chi connectivity index (χ1n) is 6.67. The topological polar surface area (TPSA) is 69.7 Å². The van der Waals surface area contributed by atoms with Crippen molar-refractivity contribution in [1.29, 1.82) is 0 Å². The summed E-state index contributed by atoms with van der Waals surface area (Å²) in [5.41, 5.74) is 0. The lowest BCUT2D eigenvalue weighted by Crippen LogP contribution is -2.50. The zero-order valence-corrected chi connectivity index (χ0v) is 14.9. The van der Waals surface area contributed by atoms with Crippen LogP contribution in [0.5, 0.6) is 0 Å². The number of hydrogen-bond acceptors (Lipinski definition) is 5. The third-order valence-electron chi connectivity index (χ3n) is 3.23. The highest BCUT2D eigenvalue weighted by atomic mass is 79.9. The Morgan fingerprint density at radius 2 is 2.05 bits per heavy atom. The number of thiophene rings is 1. The largest absolute Gasteiger partial charge is 0.355 e. The van der Waals surface area contributed by atoms with Gasteiger partial charge < -0.3 is 5.32 Å². The molecule has 0 saturated carbocycles. The highest BCUT2D eigenvalue weighted by molar-refractivity contribution is 9.10. The van der Waals surface area contributed by atoms with Gasteiger partial charge in [-0.15, -0.1) is 11.3 Å². The van der Waals surface area contributed by atoms with Crippen LogP contribution in [0.25, 0.3) is 0 Å². The summed E-state index contributed by atoms with van der Waals surface area (Å²) in [6, 6.07) is 1.74. The van der Waals surface area contributed by atoms with Gasteiger partial charge in [0, 0.05) is 37.2 Å². The van der Waals surface area contributed by atoms with Crippen molar-refractivity contribution >= 4 is 43.2 Å². The molecule has 21 heavy (non-hydrogen) atoms. The Morgan fingerprint density at radius 1 is 1.38 bits per heavy atom. The lowest BCUT2D eigenvalue weighted by atomic mass is 10.3. The van der Waals surface area contributed by atoms with Crippen LogP contribution in [0.15, 0.2) is 20.1 Å². The number of rotatable bonds is 5. The van der Waals surface area contributed by atoms with Gasteiger partial charge >= 0.3 is 0 Å². The maximum Gasteiger partial charge on any atom is 0.253 e. The molecule has 0 spiro atoms. The summed E-state index contributed by atoms with van der Waals surface area (Å²) in [6.07, 6.45) is 0. The van der Waals surface area contributed by atoms with Crippen LogP contribution in [0, 0.1) is 0 Å². The van der Waals surface area contributed by atoms with E-state index in [1.54, 1.807) is 11.4 Å². The summed E-state index contributed by atoms with van der Waals surface area (Å²) in [4.78, 5) is 13.5. The van der Waals surface area contributed by atoms with Gasteiger partial charge in [0.2, 0.25) is 5.91 Å². The van der Waals surface area contributed by atoms with E-state index in [0.717, 1.165) is 0 Å². The van der Waals surface area contributed by atoms with E-state index in [1.807, 2.05) is 11.8 Å². The van der Waals surface area contributed by atoms with Crippen LogP contribution in [0.2, 0.25) is 0 Å². The number of nitrogens with one attached hydrogen (secondary N) is 1. The highest BCUT2D eigenvalue weighted by Crippen LogP contribution is 2.30. The summed E-state index contributed by atoms with van der Waals surface area (Å²) in [5, 5.41) is 4.50.